The first-order valence-electron chi connectivity index (χ1n) is 10.7. The molecule has 1 aromatic carbocycles. The van der Waals surface area contributed by atoms with E-state index in [4.69, 9.17) is 9.47 Å². The van der Waals surface area contributed by atoms with Crippen molar-refractivity contribution in [2.75, 3.05) is 58.9 Å². The number of likely N-dealkylation sites (tertiary alicyclic amines) is 1. The molecule has 3 rings (SSSR count). The maximum absolute atomic E-state index is 12.8. The van der Waals surface area contributed by atoms with Crippen molar-refractivity contribution in [1.82, 2.24) is 20.1 Å². The van der Waals surface area contributed by atoms with Gasteiger partial charge in [0, 0.05) is 37.8 Å². The highest BCUT2D eigenvalue weighted by molar-refractivity contribution is 7.09. The van der Waals surface area contributed by atoms with Crippen LogP contribution in [0, 0.1) is 0 Å². The third kappa shape index (κ3) is 7.18. The van der Waals surface area contributed by atoms with Crippen molar-refractivity contribution in [2.45, 2.75) is 19.4 Å². The molecule has 1 aliphatic heterocycles. The van der Waals surface area contributed by atoms with Gasteiger partial charge in [0.15, 0.2) is 0 Å². The van der Waals surface area contributed by atoms with Crippen LogP contribution >= 0.6 is 11.3 Å². The summed E-state index contributed by atoms with van der Waals surface area (Å²) in [4.78, 5) is 33.6. The SMILES string of the molecule is COCCN(Cc1nc(C(=O)NCCN2CCCC2)cs1)C(=O)Nc1ccc(OC)cc1. The Bertz CT molecular complexity index is 867. The summed E-state index contributed by atoms with van der Waals surface area (Å²) in [6.45, 7) is 4.76. The Kier molecular flexibility index (Phi) is 9.27. The molecule has 2 N–H and O–H groups in total. The van der Waals surface area contributed by atoms with Gasteiger partial charge in [0.05, 0.1) is 20.3 Å². The molecule has 0 atom stereocenters. The molecule has 10 heteroatoms. The topological polar surface area (TPSA) is 96.0 Å². The van der Waals surface area contributed by atoms with Gasteiger partial charge in [0.2, 0.25) is 0 Å². The fourth-order valence-corrected chi connectivity index (χ4v) is 4.20. The van der Waals surface area contributed by atoms with Crippen molar-refractivity contribution < 1.29 is 19.1 Å². The molecule has 1 aromatic heterocycles. The number of carbonyl (C=O) groups excluding carboxylic acids is 2. The molecule has 9 nitrogen and oxygen atoms in total. The summed E-state index contributed by atoms with van der Waals surface area (Å²) in [5.41, 5.74) is 1.05. The molecule has 1 saturated heterocycles. The van der Waals surface area contributed by atoms with Crippen LogP contribution in [-0.4, -0.2) is 80.3 Å². The highest BCUT2D eigenvalue weighted by atomic mass is 32.1. The molecule has 32 heavy (non-hydrogen) atoms. The number of benzene rings is 1. The van der Waals surface area contributed by atoms with Crippen LogP contribution < -0.4 is 15.4 Å². The average molecular weight is 462 g/mol. The molecule has 3 amide bonds. The standard InChI is InChI=1S/C22H31N5O4S/c1-30-14-13-27(22(29)24-17-5-7-18(31-2)8-6-17)15-20-25-19(16-32-20)21(28)23-9-12-26-10-3-4-11-26/h5-8,16H,3-4,9-15H2,1-2H3,(H,23,28)(H,24,29). The zero-order chi connectivity index (χ0) is 22.8. The molecule has 0 aliphatic carbocycles. The second kappa shape index (κ2) is 12.4. The Morgan fingerprint density at radius 3 is 2.62 bits per heavy atom. The van der Waals surface area contributed by atoms with E-state index in [-0.39, 0.29) is 18.5 Å². The van der Waals surface area contributed by atoms with E-state index in [2.05, 4.69) is 20.5 Å². The predicted octanol–water partition coefficient (Wildman–Crippen LogP) is 2.66. The number of hydrogen-bond donors (Lipinski definition) is 2. The van der Waals surface area contributed by atoms with Gasteiger partial charge in [0.1, 0.15) is 16.5 Å². The lowest BCUT2D eigenvalue weighted by atomic mass is 10.3. The Hall–Kier alpha value is -2.69. The second-order valence-corrected chi connectivity index (χ2v) is 8.45. The number of thiazole rings is 1. The molecule has 1 fully saturated rings. The van der Waals surface area contributed by atoms with Gasteiger partial charge in [0.25, 0.3) is 5.91 Å². The molecule has 2 aromatic rings. The van der Waals surface area contributed by atoms with Gasteiger partial charge in [-0.05, 0) is 50.2 Å². The van der Waals surface area contributed by atoms with Crippen LogP contribution in [0.15, 0.2) is 29.6 Å². The fourth-order valence-electron chi connectivity index (χ4n) is 3.41. The van der Waals surface area contributed by atoms with Crippen LogP contribution in [0.4, 0.5) is 10.5 Å². The molecule has 0 radical (unpaired) electrons. The highest BCUT2D eigenvalue weighted by Gasteiger charge is 2.18. The number of rotatable bonds is 11. The quantitative estimate of drug-likeness (QED) is 0.534. The van der Waals surface area contributed by atoms with E-state index < -0.39 is 0 Å². The summed E-state index contributed by atoms with van der Waals surface area (Å²) >= 11 is 1.37. The van der Waals surface area contributed by atoms with Gasteiger partial charge in [-0.2, -0.15) is 0 Å². The van der Waals surface area contributed by atoms with E-state index >= 15 is 0 Å². The smallest absolute Gasteiger partial charge is 0.322 e. The number of hydrogen-bond acceptors (Lipinski definition) is 7. The average Bonchev–Trinajstić information content (AvgIpc) is 3.49. The van der Waals surface area contributed by atoms with Crippen molar-refractivity contribution >= 4 is 29.0 Å². The van der Waals surface area contributed by atoms with Crippen molar-refractivity contribution in [2.24, 2.45) is 0 Å². The van der Waals surface area contributed by atoms with Crippen molar-refractivity contribution in [3.05, 3.63) is 40.3 Å². The van der Waals surface area contributed by atoms with E-state index in [9.17, 15) is 9.59 Å². The Balaban J connectivity index is 1.54. The molecule has 174 valence electrons. The van der Waals surface area contributed by atoms with Crippen LogP contribution in [0.5, 0.6) is 5.75 Å². The van der Waals surface area contributed by atoms with Crippen molar-refractivity contribution in [3.8, 4) is 5.75 Å². The molecular formula is C22H31N5O4S. The molecule has 0 unspecified atom stereocenters. The first kappa shape index (κ1) is 24.0. The first-order valence-corrected chi connectivity index (χ1v) is 11.6. The van der Waals surface area contributed by atoms with Gasteiger partial charge >= 0.3 is 6.03 Å². The van der Waals surface area contributed by atoms with E-state index in [1.165, 1.54) is 24.2 Å². The summed E-state index contributed by atoms with van der Waals surface area (Å²) in [5, 5.41) is 8.23. The Morgan fingerprint density at radius 2 is 1.94 bits per heavy atom. The van der Waals surface area contributed by atoms with Crippen molar-refractivity contribution in [1.29, 1.82) is 0 Å². The Morgan fingerprint density at radius 1 is 1.19 bits per heavy atom. The lowest BCUT2D eigenvalue weighted by Gasteiger charge is -2.22. The largest absolute Gasteiger partial charge is 0.497 e. The number of ether oxygens (including phenoxy) is 2. The molecule has 0 saturated carbocycles. The fraction of sp³-hybridized carbons (Fsp3) is 0.500. The number of nitrogens with one attached hydrogen (secondary N) is 2. The zero-order valence-electron chi connectivity index (χ0n) is 18.6. The normalized spacial score (nSPS) is 13.7. The van der Waals surface area contributed by atoms with Crippen molar-refractivity contribution in [3.63, 3.8) is 0 Å². The zero-order valence-corrected chi connectivity index (χ0v) is 19.5. The summed E-state index contributed by atoms with van der Waals surface area (Å²) in [6, 6.07) is 6.85. The number of anilines is 1. The molecule has 1 aliphatic rings. The summed E-state index contributed by atoms with van der Waals surface area (Å²) in [6.07, 6.45) is 2.46. The maximum Gasteiger partial charge on any atom is 0.322 e. The third-order valence-electron chi connectivity index (χ3n) is 5.22. The number of aromatic nitrogens is 1. The number of carbonyl (C=O) groups is 2. The molecule has 0 bridgehead atoms. The van der Waals surface area contributed by atoms with E-state index in [0.717, 1.165) is 19.6 Å². The minimum Gasteiger partial charge on any atom is -0.497 e. The number of urea groups is 1. The minimum absolute atomic E-state index is 0.183. The minimum atomic E-state index is -0.265. The lowest BCUT2D eigenvalue weighted by molar-refractivity contribution is 0.0945. The number of nitrogens with zero attached hydrogens (tertiary/aromatic N) is 3. The molecule has 0 spiro atoms. The van der Waals surface area contributed by atoms with Crippen LogP contribution in [0.1, 0.15) is 28.3 Å². The second-order valence-electron chi connectivity index (χ2n) is 7.50. The third-order valence-corrected chi connectivity index (χ3v) is 6.05. The molecule has 2 heterocycles. The van der Waals surface area contributed by atoms with Gasteiger partial charge in [-0.1, -0.05) is 0 Å². The first-order chi connectivity index (χ1) is 15.6. The van der Waals surface area contributed by atoms with Crippen LogP contribution in [-0.2, 0) is 11.3 Å². The molecular weight excluding hydrogens is 430 g/mol. The van der Waals surface area contributed by atoms with E-state index in [1.807, 2.05) is 0 Å². The van der Waals surface area contributed by atoms with Gasteiger partial charge in [-0.25, -0.2) is 9.78 Å². The van der Waals surface area contributed by atoms with Gasteiger partial charge in [-0.3, -0.25) is 4.79 Å². The van der Waals surface area contributed by atoms with Crippen LogP contribution in [0.3, 0.4) is 0 Å². The number of amides is 3. The summed E-state index contributed by atoms with van der Waals surface area (Å²) in [7, 11) is 3.18. The van der Waals surface area contributed by atoms with Crippen LogP contribution in [0.25, 0.3) is 0 Å². The van der Waals surface area contributed by atoms with Crippen LogP contribution in [0.2, 0.25) is 0 Å². The monoisotopic (exact) mass is 461 g/mol. The van der Waals surface area contributed by atoms with Gasteiger partial charge < -0.3 is 29.9 Å². The predicted molar refractivity (Wildman–Crippen MR) is 124 cm³/mol. The van der Waals surface area contributed by atoms with E-state index in [1.54, 1.807) is 48.8 Å². The number of methoxy groups -OCH3 is 2. The summed E-state index contributed by atoms with van der Waals surface area (Å²) < 4.78 is 10.3. The summed E-state index contributed by atoms with van der Waals surface area (Å²) in [5.74, 6) is 0.533. The highest BCUT2D eigenvalue weighted by Crippen LogP contribution is 2.17. The lowest BCUT2D eigenvalue weighted by Crippen LogP contribution is -2.37. The maximum atomic E-state index is 12.8. The Labute approximate surface area is 192 Å². The van der Waals surface area contributed by atoms with Gasteiger partial charge in [-0.15, -0.1) is 11.3 Å². The van der Waals surface area contributed by atoms with E-state index in [0.29, 0.717) is 41.8 Å².